The molecule has 28 heavy (non-hydrogen) atoms. The van der Waals surface area contributed by atoms with Crippen LogP contribution in [0, 0.1) is 11.8 Å². The van der Waals surface area contributed by atoms with Gasteiger partial charge in [-0.1, -0.05) is 35.0 Å². The number of rotatable bonds is 2. The first-order valence-electron chi connectivity index (χ1n) is 8.08. The third-order valence-corrected chi connectivity index (χ3v) is 5.85. The summed E-state index contributed by atoms with van der Waals surface area (Å²) in [5.41, 5.74) is 1.54. The molecule has 0 saturated heterocycles. The van der Waals surface area contributed by atoms with Gasteiger partial charge in [-0.2, -0.15) is 4.36 Å². The Morgan fingerprint density at radius 2 is 1.50 bits per heavy atom. The maximum atomic E-state index is 12.8. The summed E-state index contributed by atoms with van der Waals surface area (Å²) < 4.78 is 16.7. The van der Waals surface area contributed by atoms with Crippen LogP contribution in [0.5, 0.6) is 0 Å². The molecule has 1 aromatic heterocycles. The lowest BCUT2D eigenvalue weighted by molar-refractivity contribution is 0.100. The number of carbonyl (C=O) groups excluding carboxylic acids is 1. The second-order valence-electron chi connectivity index (χ2n) is 5.87. The van der Waals surface area contributed by atoms with Crippen LogP contribution in [0.3, 0.4) is 0 Å². The van der Waals surface area contributed by atoms with Gasteiger partial charge in [-0.05, 0) is 54.6 Å². The van der Waals surface area contributed by atoms with Crippen molar-refractivity contribution in [2.45, 2.75) is 4.90 Å². The first-order valence-corrected chi connectivity index (χ1v) is 10.8. The molecular formula is C21H14Cl2N2O2S. The molecule has 0 fully saturated rings. The fraction of sp³-hybridized carbons (Fsp3) is 0.0476. The second kappa shape index (κ2) is 8.57. The van der Waals surface area contributed by atoms with Gasteiger partial charge in [-0.25, -0.2) is 4.21 Å². The predicted molar refractivity (Wildman–Crippen MR) is 112 cm³/mol. The smallest absolute Gasteiger partial charge is 0.266 e. The summed E-state index contributed by atoms with van der Waals surface area (Å²) in [5, 5.41) is 1.15. The van der Waals surface area contributed by atoms with Gasteiger partial charge in [0.1, 0.15) is 0 Å². The maximum absolute atomic E-state index is 12.8. The zero-order valence-corrected chi connectivity index (χ0v) is 17.1. The van der Waals surface area contributed by atoms with E-state index in [-0.39, 0.29) is 5.56 Å². The summed E-state index contributed by atoms with van der Waals surface area (Å²) >= 11 is 11.7. The van der Waals surface area contributed by atoms with Gasteiger partial charge >= 0.3 is 0 Å². The zero-order valence-electron chi connectivity index (χ0n) is 14.7. The van der Waals surface area contributed by atoms with Crippen LogP contribution < -0.4 is 0 Å². The molecule has 140 valence electrons. The minimum absolute atomic E-state index is 0.214. The zero-order chi connectivity index (χ0) is 20.1. The van der Waals surface area contributed by atoms with Gasteiger partial charge in [0.05, 0.1) is 15.3 Å². The van der Waals surface area contributed by atoms with Crippen molar-refractivity contribution < 1.29 is 9.00 Å². The Kier molecular flexibility index (Phi) is 6.15. The van der Waals surface area contributed by atoms with E-state index in [1.165, 1.54) is 12.5 Å². The lowest BCUT2D eigenvalue weighted by atomic mass is 10.2. The Morgan fingerprint density at radius 3 is 2.14 bits per heavy atom. The molecule has 4 nitrogen and oxygen atoms in total. The Hall–Kier alpha value is -2.65. The van der Waals surface area contributed by atoms with Crippen molar-refractivity contribution in [3.63, 3.8) is 0 Å². The summed E-state index contributed by atoms with van der Waals surface area (Å²) in [6.45, 7) is 0. The van der Waals surface area contributed by atoms with E-state index in [1.807, 2.05) is 0 Å². The van der Waals surface area contributed by atoms with E-state index < -0.39 is 15.6 Å². The lowest BCUT2D eigenvalue weighted by Gasteiger charge is -2.04. The third kappa shape index (κ3) is 5.20. The van der Waals surface area contributed by atoms with Gasteiger partial charge in [-0.3, -0.25) is 9.78 Å². The Bertz CT molecular complexity index is 1200. The van der Waals surface area contributed by atoms with E-state index in [1.54, 1.807) is 60.8 Å². The summed E-state index contributed by atoms with van der Waals surface area (Å²) in [7, 11) is -2.91. The molecule has 1 atom stereocenters. The number of halogens is 2. The van der Waals surface area contributed by atoms with Crippen LogP contribution in [-0.4, -0.2) is 21.4 Å². The van der Waals surface area contributed by atoms with Crippen LogP contribution in [0.25, 0.3) is 0 Å². The van der Waals surface area contributed by atoms with E-state index >= 15 is 0 Å². The first kappa shape index (κ1) is 20.1. The molecule has 0 saturated carbocycles. The molecule has 0 N–H and O–H groups in total. The highest BCUT2D eigenvalue weighted by Gasteiger charge is 2.12. The number of nitrogens with zero attached hydrogens (tertiary/aromatic N) is 2. The fourth-order valence-electron chi connectivity index (χ4n) is 2.25. The Morgan fingerprint density at radius 1 is 0.929 bits per heavy atom. The average molecular weight is 429 g/mol. The molecule has 3 rings (SSSR count). The van der Waals surface area contributed by atoms with Crippen molar-refractivity contribution in [1.29, 1.82) is 0 Å². The average Bonchev–Trinajstić information content (AvgIpc) is 2.68. The summed E-state index contributed by atoms with van der Waals surface area (Å²) in [6.07, 6.45) is 4.32. The van der Waals surface area contributed by atoms with Crippen LogP contribution in [0.4, 0.5) is 0 Å². The highest BCUT2D eigenvalue weighted by atomic mass is 35.5. The molecule has 1 unspecified atom stereocenters. The minimum atomic E-state index is -2.91. The SMILES string of the molecule is CS(=O)(=NC(=O)c1cncc(C#Cc2ccc(Cl)cc2)c1)c1ccc(Cl)cc1. The molecule has 0 aliphatic carbocycles. The Balaban J connectivity index is 1.87. The molecule has 7 heteroatoms. The number of hydrogen-bond donors (Lipinski definition) is 0. The van der Waals surface area contributed by atoms with Crippen molar-refractivity contribution in [1.82, 2.24) is 4.98 Å². The topological polar surface area (TPSA) is 59.4 Å². The van der Waals surface area contributed by atoms with E-state index in [0.717, 1.165) is 5.56 Å². The van der Waals surface area contributed by atoms with Gasteiger partial charge in [0.2, 0.25) is 0 Å². The normalized spacial score (nSPS) is 12.4. The van der Waals surface area contributed by atoms with Crippen molar-refractivity contribution >= 4 is 38.8 Å². The monoisotopic (exact) mass is 428 g/mol. The van der Waals surface area contributed by atoms with Crippen LogP contribution >= 0.6 is 23.2 Å². The number of benzene rings is 2. The van der Waals surface area contributed by atoms with Gasteiger partial charge in [0.15, 0.2) is 0 Å². The maximum Gasteiger partial charge on any atom is 0.286 e. The molecule has 2 aromatic carbocycles. The van der Waals surface area contributed by atoms with Gasteiger partial charge in [0, 0.05) is 44.7 Å². The Labute approximate surface area is 173 Å². The van der Waals surface area contributed by atoms with Crippen molar-refractivity contribution in [3.8, 4) is 11.8 Å². The number of carbonyl (C=O) groups is 1. The standard InChI is InChI=1S/C21H14Cl2N2O2S/c1-28(27,20-10-8-19(23)9-11-20)25-21(26)17-12-16(13-24-14-17)3-2-15-4-6-18(22)7-5-15/h4-14H,1H3. The summed E-state index contributed by atoms with van der Waals surface area (Å²) in [6, 6.07) is 15.1. The third-order valence-electron chi connectivity index (χ3n) is 3.69. The molecule has 1 heterocycles. The highest BCUT2D eigenvalue weighted by molar-refractivity contribution is 7.93. The van der Waals surface area contributed by atoms with Gasteiger partial charge < -0.3 is 0 Å². The van der Waals surface area contributed by atoms with Crippen molar-refractivity contribution in [2.24, 2.45) is 4.36 Å². The molecule has 3 aromatic rings. The molecule has 0 radical (unpaired) electrons. The molecule has 0 aliphatic heterocycles. The van der Waals surface area contributed by atoms with Crippen LogP contribution in [0.15, 0.2) is 76.2 Å². The number of hydrogen-bond acceptors (Lipinski definition) is 3. The van der Waals surface area contributed by atoms with E-state index in [2.05, 4.69) is 21.2 Å². The largest absolute Gasteiger partial charge is 0.286 e. The van der Waals surface area contributed by atoms with Crippen LogP contribution in [0.2, 0.25) is 10.0 Å². The van der Waals surface area contributed by atoms with Crippen molar-refractivity contribution in [3.05, 3.63) is 93.7 Å². The molecule has 0 spiro atoms. The molecule has 1 amide bonds. The second-order valence-corrected chi connectivity index (χ2v) is 9.00. The number of pyridine rings is 1. The van der Waals surface area contributed by atoms with Gasteiger partial charge in [-0.15, -0.1) is 0 Å². The van der Waals surface area contributed by atoms with E-state index in [0.29, 0.717) is 20.5 Å². The van der Waals surface area contributed by atoms with Gasteiger partial charge in [0.25, 0.3) is 5.91 Å². The van der Waals surface area contributed by atoms with Crippen molar-refractivity contribution in [2.75, 3.05) is 6.26 Å². The van der Waals surface area contributed by atoms with E-state index in [4.69, 9.17) is 23.2 Å². The predicted octanol–water partition coefficient (Wildman–Crippen LogP) is 5.09. The van der Waals surface area contributed by atoms with Crippen LogP contribution in [0.1, 0.15) is 21.5 Å². The first-order chi connectivity index (χ1) is 13.3. The lowest BCUT2D eigenvalue weighted by Crippen LogP contribution is -2.04. The number of amides is 1. The van der Waals surface area contributed by atoms with Crippen LogP contribution in [-0.2, 0) is 9.73 Å². The molecule has 0 aliphatic rings. The van der Waals surface area contributed by atoms with E-state index in [9.17, 15) is 9.00 Å². The quantitative estimate of drug-likeness (QED) is 0.534. The highest BCUT2D eigenvalue weighted by Crippen LogP contribution is 2.17. The minimum Gasteiger partial charge on any atom is -0.266 e. The number of aromatic nitrogens is 1. The fourth-order valence-corrected chi connectivity index (χ4v) is 3.67. The molecule has 0 bridgehead atoms. The summed E-state index contributed by atoms with van der Waals surface area (Å²) in [5.74, 6) is 5.29. The summed E-state index contributed by atoms with van der Waals surface area (Å²) in [4.78, 5) is 16.9. The molecular weight excluding hydrogens is 415 g/mol.